The van der Waals surface area contributed by atoms with Crippen LogP contribution in [0.4, 0.5) is 4.39 Å². The lowest BCUT2D eigenvalue weighted by atomic mass is 9.97. The molecule has 1 N–H and O–H groups in total. The number of ether oxygens (including phenoxy) is 1. The van der Waals surface area contributed by atoms with Crippen molar-refractivity contribution in [3.63, 3.8) is 0 Å². The number of carbonyl (C=O) groups excluding carboxylic acids is 2. The first-order valence-electron chi connectivity index (χ1n) is 8.99. The van der Waals surface area contributed by atoms with Gasteiger partial charge in [-0.2, -0.15) is 0 Å². The van der Waals surface area contributed by atoms with Gasteiger partial charge in [0.1, 0.15) is 11.6 Å². The first-order valence-corrected chi connectivity index (χ1v) is 8.99. The standard InChI is InChI=1S/C19H25FN2O5/c1-21(13-18(24)22-9-7-14(8-10-22)19(25)26)17(23)6-3-11-27-16-5-2-4-15(20)12-16/h2,4-5,12,14H,3,6-11,13H2,1H3,(H,25,26). The van der Waals surface area contributed by atoms with Gasteiger partial charge in [-0.15, -0.1) is 0 Å². The smallest absolute Gasteiger partial charge is 0.306 e. The molecule has 2 rings (SSSR count). The number of likely N-dealkylation sites (tertiary alicyclic amines) is 1. The van der Waals surface area contributed by atoms with Crippen LogP contribution in [0, 0.1) is 11.7 Å². The summed E-state index contributed by atoms with van der Waals surface area (Å²) in [4.78, 5) is 38.3. The summed E-state index contributed by atoms with van der Waals surface area (Å²) in [7, 11) is 1.57. The molecular weight excluding hydrogens is 355 g/mol. The van der Waals surface area contributed by atoms with Gasteiger partial charge in [0.05, 0.1) is 19.1 Å². The van der Waals surface area contributed by atoms with Crippen LogP contribution in [0.1, 0.15) is 25.7 Å². The van der Waals surface area contributed by atoms with E-state index in [1.165, 1.54) is 17.0 Å². The van der Waals surface area contributed by atoms with Crippen molar-refractivity contribution in [1.29, 1.82) is 0 Å². The lowest BCUT2D eigenvalue weighted by Gasteiger charge is -2.31. The molecule has 1 saturated heterocycles. The van der Waals surface area contributed by atoms with Crippen LogP contribution in [-0.2, 0) is 14.4 Å². The maximum Gasteiger partial charge on any atom is 0.306 e. The second-order valence-electron chi connectivity index (χ2n) is 6.65. The summed E-state index contributed by atoms with van der Waals surface area (Å²) in [6, 6.07) is 5.80. The highest BCUT2D eigenvalue weighted by atomic mass is 19.1. The van der Waals surface area contributed by atoms with Crippen LogP contribution in [0.5, 0.6) is 5.75 Å². The van der Waals surface area contributed by atoms with Crippen molar-refractivity contribution in [3.05, 3.63) is 30.1 Å². The van der Waals surface area contributed by atoms with E-state index in [0.29, 0.717) is 38.1 Å². The van der Waals surface area contributed by atoms with Crippen LogP contribution in [0.25, 0.3) is 0 Å². The number of carboxylic acids is 1. The molecule has 1 heterocycles. The van der Waals surface area contributed by atoms with Gasteiger partial charge in [-0.05, 0) is 31.4 Å². The third-order valence-corrected chi connectivity index (χ3v) is 4.59. The van der Waals surface area contributed by atoms with Crippen molar-refractivity contribution in [3.8, 4) is 5.75 Å². The zero-order chi connectivity index (χ0) is 19.8. The highest BCUT2D eigenvalue weighted by molar-refractivity contribution is 5.84. The van der Waals surface area contributed by atoms with Crippen LogP contribution in [0.2, 0.25) is 0 Å². The van der Waals surface area contributed by atoms with Gasteiger partial charge in [0, 0.05) is 32.6 Å². The topological polar surface area (TPSA) is 87.2 Å². The summed E-state index contributed by atoms with van der Waals surface area (Å²) in [6.45, 7) is 1.06. The molecule has 7 nitrogen and oxygen atoms in total. The minimum Gasteiger partial charge on any atom is -0.493 e. The highest BCUT2D eigenvalue weighted by Gasteiger charge is 2.27. The Kier molecular flexibility index (Phi) is 7.57. The normalized spacial score (nSPS) is 14.7. The summed E-state index contributed by atoms with van der Waals surface area (Å²) in [5.41, 5.74) is 0. The highest BCUT2D eigenvalue weighted by Crippen LogP contribution is 2.17. The second kappa shape index (κ2) is 9.89. The maximum absolute atomic E-state index is 13.0. The predicted octanol–water partition coefficient (Wildman–Crippen LogP) is 1.77. The molecule has 1 fully saturated rings. The lowest BCUT2D eigenvalue weighted by Crippen LogP contribution is -2.45. The van der Waals surface area contributed by atoms with Crippen molar-refractivity contribution >= 4 is 17.8 Å². The quantitative estimate of drug-likeness (QED) is 0.695. The monoisotopic (exact) mass is 380 g/mol. The third-order valence-electron chi connectivity index (χ3n) is 4.59. The Balaban J connectivity index is 1.66. The Morgan fingerprint density at radius 2 is 2.00 bits per heavy atom. The van der Waals surface area contributed by atoms with Crippen LogP contribution in [0.3, 0.4) is 0 Å². The third kappa shape index (κ3) is 6.54. The Hall–Kier alpha value is -2.64. The van der Waals surface area contributed by atoms with E-state index in [1.54, 1.807) is 24.1 Å². The van der Waals surface area contributed by atoms with Gasteiger partial charge in [-0.25, -0.2) is 4.39 Å². The SMILES string of the molecule is CN(CC(=O)N1CCC(C(=O)O)CC1)C(=O)CCCOc1cccc(F)c1. The molecule has 0 aromatic heterocycles. The average Bonchev–Trinajstić information content (AvgIpc) is 2.65. The summed E-state index contributed by atoms with van der Waals surface area (Å²) >= 11 is 0. The van der Waals surface area contributed by atoms with E-state index in [4.69, 9.17) is 9.84 Å². The summed E-state index contributed by atoms with van der Waals surface area (Å²) < 4.78 is 18.4. The van der Waals surface area contributed by atoms with Gasteiger partial charge in [-0.1, -0.05) is 6.07 Å². The largest absolute Gasteiger partial charge is 0.493 e. The van der Waals surface area contributed by atoms with Crippen LogP contribution in [-0.4, -0.2) is 66.0 Å². The van der Waals surface area contributed by atoms with E-state index in [0.717, 1.165) is 0 Å². The number of halogens is 1. The molecule has 0 spiro atoms. The van der Waals surface area contributed by atoms with Gasteiger partial charge >= 0.3 is 5.97 Å². The predicted molar refractivity (Wildman–Crippen MR) is 95.7 cm³/mol. The number of carboxylic acid groups (broad SMARTS) is 1. The fourth-order valence-corrected chi connectivity index (χ4v) is 2.93. The molecule has 0 aliphatic carbocycles. The summed E-state index contributed by atoms with van der Waals surface area (Å²) in [5.74, 6) is -1.54. The molecule has 1 aromatic carbocycles. The van der Waals surface area contributed by atoms with Crippen LogP contribution in [0.15, 0.2) is 24.3 Å². The Morgan fingerprint density at radius 3 is 2.63 bits per heavy atom. The second-order valence-corrected chi connectivity index (χ2v) is 6.65. The van der Waals surface area contributed by atoms with Crippen molar-refractivity contribution < 1.29 is 28.6 Å². The number of amides is 2. The molecule has 148 valence electrons. The molecule has 0 unspecified atom stereocenters. The molecule has 1 aromatic rings. The Labute approximate surface area is 157 Å². The zero-order valence-corrected chi connectivity index (χ0v) is 15.4. The average molecular weight is 380 g/mol. The first-order chi connectivity index (χ1) is 12.9. The van der Waals surface area contributed by atoms with Crippen LogP contribution >= 0.6 is 0 Å². The molecule has 1 aliphatic rings. The number of hydrogen-bond donors (Lipinski definition) is 1. The van der Waals surface area contributed by atoms with E-state index >= 15 is 0 Å². The molecule has 27 heavy (non-hydrogen) atoms. The lowest BCUT2D eigenvalue weighted by molar-refractivity contribution is -0.146. The molecule has 8 heteroatoms. The number of benzene rings is 1. The summed E-state index contributed by atoms with van der Waals surface area (Å²) in [5, 5.41) is 8.99. The molecule has 1 aliphatic heterocycles. The fourth-order valence-electron chi connectivity index (χ4n) is 2.93. The van der Waals surface area contributed by atoms with Crippen molar-refractivity contribution in [1.82, 2.24) is 9.80 Å². The molecule has 0 radical (unpaired) electrons. The van der Waals surface area contributed by atoms with E-state index in [1.807, 2.05) is 0 Å². The first kappa shape index (κ1) is 20.7. The fraction of sp³-hybridized carbons (Fsp3) is 0.526. The van der Waals surface area contributed by atoms with Crippen LogP contribution < -0.4 is 4.74 Å². The minimum absolute atomic E-state index is 0.0265. The molecule has 2 amide bonds. The maximum atomic E-state index is 13.0. The van der Waals surface area contributed by atoms with E-state index in [2.05, 4.69) is 0 Å². The number of piperidine rings is 1. The number of hydrogen-bond acceptors (Lipinski definition) is 4. The number of likely N-dealkylation sites (N-methyl/N-ethyl adjacent to an activating group) is 1. The van der Waals surface area contributed by atoms with Gasteiger partial charge in [0.25, 0.3) is 0 Å². The number of nitrogens with zero attached hydrogens (tertiary/aromatic N) is 2. The minimum atomic E-state index is -0.824. The number of rotatable bonds is 8. The molecule has 0 atom stereocenters. The van der Waals surface area contributed by atoms with E-state index < -0.39 is 11.9 Å². The molecular formula is C19H25FN2O5. The molecule has 0 bridgehead atoms. The van der Waals surface area contributed by atoms with Crippen molar-refractivity contribution in [2.45, 2.75) is 25.7 Å². The Morgan fingerprint density at radius 1 is 1.30 bits per heavy atom. The summed E-state index contributed by atoms with van der Waals surface area (Å²) in [6.07, 6.45) is 1.56. The van der Waals surface area contributed by atoms with E-state index in [-0.39, 0.29) is 37.2 Å². The number of aliphatic carboxylic acids is 1. The van der Waals surface area contributed by atoms with Gasteiger partial charge in [0.15, 0.2) is 0 Å². The Bertz CT molecular complexity index is 674. The van der Waals surface area contributed by atoms with E-state index in [9.17, 15) is 18.8 Å². The zero-order valence-electron chi connectivity index (χ0n) is 15.4. The van der Waals surface area contributed by atoms with Crippen molar-refractivity contribution in [2.24, 2.45) is 5.92 Å². The molecule has 0 saturated carbocycles. The number of carbonyl (C=O) groups is 3. The van der Waals surface area contributed by atoms with Gasteiger partial charge in [0.2, 0.25) is 11.8 Å². The van der Waals surface area contributed by atoms with Gasteiger partial charge in [-0.3, -0.25) is 14.4 Å². The van der Waals surface area contributed by atoms with Gasteiger partial charge < -0.3 is 19.6 Å². The van der Waals surface area contributed by atoms with Crippen molar-refractivity contribution in [2.75, 3.05) is 33.3 Å².